The maximum absolute atomic E-state index is 12.4. The van der Waals surface area contributed by atoms with Crippen molar-refractivity contribution in [1.29, 1.82) is 0 Å². The first-order valence-electron chi connectivity index (χ1n) is 10.7. The smallest absolute Gasteiger partial charge is 0.238 e. The van der Waals surface area contributed by atoms with Crippen molar-refractivity contribution < 1.29 is 14.4 Å². The van der Waals surface area contributed by atoms with E-state index >= 15 is 0 Å². The Morgan fingerprint density at radius 1 is 1.00 bits per heavy atom. The summed E-state index contributed by atoms with van der Waals surface area (Å²) in [7, 11) is 0. The molecular formula is C23H36N4O3. The Labute approximate surface area is 180 Å². The van der Waals surface area contributed by atoms with Crippen LogP contribution in [0.2, 0.25) is 0 Å². The molecule has 166 valence electrons. The average molecular weight is 417 g/mol. The highest BCUT2D eigenvalue weighted by atomic mass is 16.2. The van der Waals surface area contributed by atoms with Crippen LogP contribution in [0.1, 0.15) is 44.7 Å². The van der Waals surface area contributed by atoms with E-state index in [-0.39, 0.29) is 17.7 Å². The summed E-state index contributed by atoms with van der Waals surface area (Å²) in [6.07, 6.45) is 1.07. The lowest BCUT2D eigenvalue weighted by molar-refractivity contribution is -0.133. The fourth-order valence-electron chi connectivity index (χ4n) is 3.41. The normalized spacial score (nSPS) is 15.0. The molecular weight excluding hydrogens is 380 g/mol. The lowest BCUT2D eigenvalue weighted by atomic mass is 9.96. The monoisotopic (exact) mass is 416 g/mol. The molecule has 1 fully saturated rings. The van der Waals surface area contributed by atoms with E-state index in [1.54, 1.807) is 0 Å². The van der Waals surface area contributed by atoms with Crippen molar-refractivity contribution in [3.63, 3.8) is 0 Å². The van der Waals surface area contributed by atoms with Crippen molar-refractivity contribution in [2.75, 3.05) is 44.6 Å². The summed E-state index contributed by atoms with van der Waals surface area (Å²) in [4.78, 5) is 40.6. The van der Waals surface area contributed by atoms with Gasteiger partial charge in [-0.1, -0.05) is 39.0 Å². The van der Waals surface area contributed by atoms with Crippen LogP contribution in [0.4, 0.5) is 5.69 Å². The van der Waals surface area contributed by atoms with Gasteiger partial charge in [0.25, 0.3) is 0 Å². The number of anilines is 1. The number of carbonyl (C=O) groups is 3. The molecule has 0 radical (unpaired) electrons. The van der Waals surface area contributed by atoms with E-state index in [1.165, 1.54) is 0 Å². The number of nitrogens with one attached hydrogen (secondary N) is 2. The molecule has 1 aliphatic rings. The molecule has 2 N–H and O–H groups in total. The minimum atomic E-state index is -0.412. The first-order chi connectivity index (χ1) is 14.1. The van der Waals surface area contributed by atoms with Crippen molar-refractivity contribution in [1.82, 2.24) is 15.1 Å². The highest BCUT2D eigenvalue weighted by Gasteiger charge is 2.23. The van der Waals surface area contributed by atoms with Gasteiger partial charge in [0, 0.05) is 50.2 Å². The van der Waals surface area contributed by atoms with E-state index in [0.29, 0.717) is 52.1 Å². The van der Waals surface area contributed by atoms with Gasteiger partial charge >= 0.3 is 0 Å². The zero-order valence-electron chi connectivity index (χ0n) is 19.0. The summed E-state index contributed by atoms with van der Waals surface area (Å²) in [6, 6.07) is 5.96. The molecule has 1 aliphatic heterocycles. The third-order valence-electron chi connectivity index (χ3n) is 5.37. The number of nitrogens with zero attached hydrogens (tertiary/aromatic N) is 2. The largest absolute Gasteiger partial charge is 0.356 e. The summed E-state index contributed by atoms with van der Waals surface area (Å²) >= 11 is 0. The molecule has 7 heteroatoms. The zero-order valence-corrected chi connectivity index (χ0v) is 19.0. The second-order valence-corrected chi connectivity index (χ2v) is 9.08. The second-order valence-electron chi connectivity index (χ2n) is 9.08. The number of para-hydroxylation sites is 1. The first-order valence-corrected chi connectivity index (χ1v) is 10.7. The minimum absolute atomic E-state index is 0.00253. The molecule has 0 spiro atoms. The van der Waals surface area contributed by atoms with E-state index in [4.69, 9.17) is 0 Å². The molecule has 0 aromatic heterocycles. The maximum Gasteiger partial charge on any atom is 0.238 e. The molecule has 1 aromatic rings. The zero-order chi connectivity index (χ0) is 22.3. The predicted octanol–water partition coefficient (Wildman–Crippen LogP) is 2.33. The number of carbonyl (C=O) groups excluding carboxylic acids is 3. The Kier molecular flexibility index (Phi) is 8.41. The van der Waals surface area contributed by atoms with Gasteiger partial charge in [-0.2, -0.15) is 0 Å². The highest BCUT2D eigenvalue weighted by Crippen LogP contribution is 2.19. The number of rotatable bonds is 7. The number of aryl methyl sites for hydroxylation is 2. The Morgan fingerprint density at radius 3 is 2.17 bits per heavy atom. The van der Waals surface area contributed by atoms with Crippen molar-refractivity contribution in [2.45, 2.75) is 47.5 Å². The first kappa shape index (κ1) is 23.9. The van der Waals surface area contributed by atoms with Crippen molar-refractivity contribution in [2.24, 2.45) is 5.41 Å². The summed E-state index contributed by atoms with van der Waals surface area (Å²) < 4.78 is 0. The molecule has 1 aromatic carbocycles. The van der Waals surface area contributed by atoms with E-state index in [1.807, 2.05) is 57.7 Å². The van der Waals surface area contributed by atoms with Gasteiger partial charge in [-0.25, -0.2) is 0 Å². The van der Waals surface area contributed by atoms with Gasteiger partial charge in [0.1, 0.15) is 0 Å². The maximum atomic E-state index is 12.4. The van der Waals surface area contributed by atoms with E-state index in [0.717, 1.165) is 16.8 Å². The molecule has 30 heavy (non-hydrogen) atoms. The topological polar surface area (TPSA) is 81.8 Å². The van der Waals surface area contributed by atoms with Crippen LogP contribution >= 0.6 is 0 Å². The van der Waals surface area contributed by atoms with Crippen LogP contribution in [0.5, 0.6) is 0 Å². The Hall–Kier alpha value is -2.41. The van der Waals surface area contributed by atoms with Crippen molar-refractivity contribution in [3.05, 3.63) is 29.3 Å². The van der Waals surface area contributed by atoms with Crippen LogP contribution in [0.3, 0.4) is 0 Å². The van der Waals surface area contributed by atoms with Crippen LogP contribution in [0.25, 0.3) is 0 Å². The van der Waals surface area contributed by atoms with Crippen molar-refractivity contribution in [3.8, 4) is 0 Å². The van der Waals surface area contributed by atoms with Crippen LogP contribution < -0.4 is 10.6 Å². The molecule has 7 nitrogen and oxygen atoms in total. The molecule has 1 saturated heterocycles. The molecule has 0 bridgehead atoms. The van der Waals surface area contributed by atoms with Gasteiger partial charge in [0.05, 0.1) is 6.54 Å². The van der Waals surface area contributed by atoms with E-state index < -0.39 is 5.41 Å². The second kappa shape index (κ2) is 10.6. The third kappa shape index (κ3) is 7.13. The summed E-state index contributed by atoms with van der Waals surface area (Å²) in [5.74, 6) is 0.0872. The number of amides is 3. The number of hydrogen-bond acceptors (Lipinski definition) is 4. The van der Waals surface area contributed by atoms with Gasteiger partial charge in [-0.05, 0) is 31.4 Å². The third-order valence-corrected chi connectivity index (χ3v) is 5.37. The lowest BCUT2D eigenvalue weighted by Gasteiger charge is -2.34. The fraction of sp³-hybridized carbons (Fsp3) is 0.609. The van der Waals surface area contributed by atoms with Gasteiger partial charge in [0.15, 0.2) is 0 Å². The molecule has 1 heterocycles. The van der Waals surface area contributed by atoms with E-state index in [9.17, 15) is 14.4 Å². The van der Waals surface area contributed by atoms with Gasteiger partial charge in [-0.15, -0.1) is 0 Å². The Morgan fingerprint density at radius 2 is 1.60 bits per heavy atom. The van der Waals surface area contributed by atoms with Crippen molar-refractivity contribution >= 4 is 23.4 Å². The molecule has 0 saturated carbocycles. The SMILES string of the molecule is Cc1cccc(C)c1NC(=O)CN1CCN(C(=O)CCCNC(=O)C(C)(C)C)CC1. The number of benzene rings is 1. The minimum Gasteiger partial charge on any atom is -0.356 e. The predicted molar refractivity (Wildman–Crippen MR) is 119 cm³/mol. The average Bonchev–Trinajstić information content (AvgIpc) is 2.67. The fourth-order valence-corrected chi connectivity index (χ4v) is 3.41. The van der Waals surface area contributed by atoms with Gasteiger partial charge < -0.3 is 15.5 Å². The summed E-state index contributed by atoms with van der Waals surface area (Å²) in [5.41, 5.74) is 2.58. The molecule has 2 rings (SSSR count). The van der Waals surface area contributed by atoms with Gasteiger partial charge in [0.2, 0.25) is 17.7 Å². The number of piperazine rings is 1. The Balaban J connectivity index is 1.68. The van der Waals surface area contributed by atoms with Crippen LogP contribution in [-0.4, -0.2) is 66.8 Å². The summed E-state index contributed by atoms with van der Waals surface area (Å²) in [5, 5.41) is 5.89. The molecule has 0 atom stereocenters. The lowest BCUT2D eigenvalue weighted by Crippen LogP contribution is -2.50. The molecule has 0 unspecified atom stereocenters. The van der Waals surface area contributed by atoms with E-state index in [2.05, 4.69) is 15.5 Å². The van der Waals surface area contributed by atoms with Gasteiger partial charge in [-0.3, -0.25) is 19.3 Å². The number of hydrogen-bond donors (Lipinski definition) is 2. The van der Waals surface area contributed by atoms with Crippen LogP contribution in [-0.2, 0) is 14.4 Å². The van der Waals surface area contributed by atoms with Crippen LogP contribution in [0.15, 0.2) is 18.2 Å². The Bertz CT molecular complexity index is 742. The molecule has 0 aliphatic carbocycles. The molecule has 3 amide bonds. The summed E-state index contributed by atoms with van der Waals surface area (Å²) in [6.45, 7) is 13.1. The highest BCUT2D eigenvalue weighted by molar-refractivity contribution is 5.93. The quantitative estimate of drug-likeness (QED) is 0.669. The van der Waals surface area contributed by atoms with Crippen LogP contribution in [0, 0.1) is 19.3 Å². The standard InChI is InChI=1S/C23H36N4O3/c1-17-8-6-9-18(2)21(17)25-19(28)16-26-12-14-27(15-13-26)20(29)10-7-11-24-22(30)23(3,4)5/h6,8-9H,7,10-16H2,1-5H3,(H,24,30)(H,25,28).